The van der Waals surface area contributed by atoms with Crippen molar-refractivity contribution in [1.29, 1.82) is 0 Å². The number of nitrogens with one attached hydrogen (secondary N) is 2. The molecule has 9 nitrogen and oxygen atoms in total. The zero-order chi connectivity index (χ0) is 19.2. The van der Waals surface area contributed by atoms with Crippen LogP contribution in [0.15, 0.2) is 48.9 Å². The zero-order valence-electron chi connectivity index (χ0n) is 15.0. The average molecular weight is 366 g/mol. The number of benzene rings is 1. The highest BCUT2D eigenvalue weighted by Crippen LogP contribution is 2.22. The highest BCUT2D eigenvalue weighted by molar-refractivity contribution is 5.98. The van der Waals surface area contributed by atoms with Crippen LogP contribution in [0.25, 0.3) is 5.69 Å². The number of carbonyl (C=O) groups excluding carboxylic acids is 1. The molecule has 9 heteroatoms. The third kappa shape index (κ3) is 4.39. The van der Waals surface area contributed by atoms with Crippen LogP contribution in [-0.4, -0.2) is 38.2 Å². The van der Waals surface area contributed by atoms with Gasteiger partial charge in [-0.05, 0) is 30.7 Å². The predicted octanol–water partition coefficient (Wildman–Crippen LogP) is 1.65. The van der Waals surface area contributed by atoms with Crippen LogP contribution in [0.5, 0.6) is 0 Å². The van der Waals surface area contributed by atoms with Gasteiger partial charge in [-0.2, -0.15) is 10.1 Å². The molecule has 0 saturated carbocycles. The third-order valence-corrected chi connectivity index (χ3v) is 4.04. The number of hydrogen-bond donors (Lipinski definition) is 4. The Bertz CT molecular complexity index is 905. The van der Waals surface area contributed by atoms with Gasteiger partial charge >= 0.3 is 0 Å². The van der Waals surface area contributed by atoms with Crippen LogP contribution >= 0.6 is 0 Å². The molecule has 1 aromatic carbocycles. The Morgan fingerprint density at radius 1 is 1.33 bits per heavy atom. The van der Waals surface area contributed by atoms with E-state index in [1.807, 2.05) is 43.5 Å². The van der Waals surface area contributed by atoms with Gasteiger partial charge in [0.05, 0.1) is 5.69 Å². The fraction of sp³-hybridized carbons (Fsp3) is 0.222. The lowest BCUT2D eigenvalue weighted by Gasteiger charge is -2.16. The maximum absolute atomic E-state index is 11.8. The lowest BCUT2D eigenvalue weighted by molar-refractivity contribution is 0.100. The maximum atomic E-state index is 11.8. The molecule has 1 unspecified atom stereocenters. The molecule has 3 rings (SSSR count). The molecule has 0 bridgehead atoms. The standard InChI is InChI=1S/C18H22N8O/c1-2-12(10-19)24-18-21-11-15(16(20)27)17(25-18)23-13-5-3-6-14(9-13)26-8-4-7-22-26/h3-9,11-12H,2,10,19H2,1H3,(H2,20,27)(H2,21,23,24,25). The van der Waals surface area contributed by atoms with Gasteiger partial charge in [0.2, 0.25) is 5.95 Å². The van der Waals surface area contributed by atoms with E-state index in [9.17, 15) is 4.79 Å². The van der Waals surface area contributed by atoms with E-state index in [0.717, 1.165) is 17.8 Å². The molecule has 1 amide bonds. The Morgan fingerprint density at radius 3 is 2.85 bits per heavy atom. The monoisotopic (exact) mass is 366 g/mol. The third-order valence-electron chi connectivity index (χ3n) is 4.04. The number of carbonyl (C=O) groups is 1. The number of nitrogens with two attached hydrogens (primary N) is 2. The summed E-state index contributed by atoms with van der Waals surface area (Å²) in [6, 6.07) is 9.44. The molecule has 27 heavy (non-hydrogen) atoms. The van der Waals surface area contributed by atoms with Crippen LogP contribution in [-0.2, 0) is 0 Å². The quantitative estimate of drug-likeness (QED) is 0.476. The molecule has 140 valence electrons. The van der Waals surface area contributed by atoms with Gasteiger partial charge in [0.1, 0.15) is 11.4 Å². The molecule has 0 aliphatic carbocycles. The lowest BCUT2D eigenvalue weighted by atomic mass is 10.2. The van der Waals surface area contributed by atoms with Crippen LogP contribution in [0.1, 0.15) is 23.7 Å². The summed E-state index contributed by atoms with van der Waals surface area (Å²) in [6.45, 7) is 2.47. The lowest BCUT2D eigenvalue weighted by Crippen LogP contribution is -2.29. The predicted molar refractivity (Wildman–Crippen MR) is 104 cm³/mol. The van der Waals surface area contributed by atoms with Crippen molar-refractivity contribution in [2.45, 2.75) is 19.4 Å². The van der Waals surface area contributed by atoms with Gasteiger partial charge in [0, 0.05) is 36.9 Å². The molecule has 0 fully saturated rings. The van der Waals surface area contributed by atoms with Crippen LogP contribution in [0.2, 0.25) is 0 Å². The summed E-state index contributed by atoms with van der Waals surface area (Å²) in [4.78, 5) is 20.3. The SMILES string of the molecule is CCC(CN)Nc1ncc(C(N)=O)c(Nc2cccc(-n3cccn3)c2)n1. The Morgan fingerprint density at radius 2 is 2.19 bits per heavy atom. The fourth-order valence-electron chi connectivity index (χ4n) is 2.52. The summed E-state index contributed by atoms with van der Waals surface area (Å²) in [5, 5.41) is 10.5. The summed E-state index contributed by atoms with van der Waals surface area (Å²) >= 11 is 0. The average Bonchev–Trinajstić information content (AvgIpc) is 3.21. The fourth-order valence-corrected chi connectivity index (χ4v) is 2.52. The first-order chi connectivity index (χ1) is 13.1. The normalized spacial score (nSPS) is 11.8. The van der Waals surface area contributed by atoms with Gasteiger partial charge in [-0.15, -0.1) is 0 Å². The largest absolute Gasteiger partial charge is 0.365 e. The van der Waals surface area contributed by atoms with Crippen molar-refractivity contribution in [3.63, 3.8) is 0 Å². The molecule has 0 saturated heterocycles. The first-order valence-electron chi connectivity index (χ1n) is 8.61. The minimum Gasteiger partial charge on any atom is -0.365 e. The van der Waals surface area contributed by atoms with Gasteiger partial charge in [0.25, 0.3) is 5.91 Å². The highest BCUT2D eigenvalue weighted by Gasteiger charge is 2.14. The topological polar surface area (TPSA) is 137 Å². The van der Waals surface area contributed by atoms with Crippen molar-refractivity contribution in [3.05, 3.63) is 54.5 Å². The second kappa shape index (κ2) is 8.28. The van der Waals surface area contributed by atoms with Crippen LogP contribution in [0.3, 0.4) is 0 Å². The van der Waals surface area contributed by atoms with E-state index >= 15 is 0 Å². The van der Waals surface area contributed by atoms with Crippen molar-refractivity contribution < 1.29 is 4.79 Å². The van der Waals surface area contributed by atoms with Crippen molar-refractivity contribution in [1.82, 2.24) is 19.7 Å². The molecule has 2 aromatic heterocycles. The molecule has 0 aliphatic rings. The Labute approximate surface area is 156 Å². The van der Waals surface area contributed by atoms with E-state index in [0.29, 0.717) is 18.3 Å². The maximum Gasteiger partial charge on any atom is 0.254 e. The molecule has 0 aliphatic heterocycles. The van der Waals surface area contributed by atoms with Gasteiger partial charge < -0.3 is 22.1 Å². The van der Waals surface area contributed by atoms with Gasteiger partial charge in [0.15, 0.2) is 0 Å². The second-order valence-electron chi connectivity index (χ2n) is 5.93. The summed E-state index contributed by atoms with van der Waals surface area (Å²) < 4.78 is 1.74. The molecule has 0 spiro atoms. The Balaban J connectivity index is 1.90. The van der Waals surface area contributed by atoms with E-state index in [4.69, 9.17) is 11.5 Å². The van der Waals surface area contributed by atoms with Crippen LogP contribution in [0.4, 0.5) is 17.5 Å². The van der Waals surface area contributed by atoms with Gasteiger partial charge in [-0.25, -0.2) is 9.67 Å². The molecule has 2 heterocycles. The number of nitrogens with zero attached hydrogens (tertiary/aromatic N) is 4. The Kier molecular flexibility index (Phi) is 5.62. The van der Waals surface area contributed by atoms with Crippen molar-refractivity contribution in [3.8, 4) is 5.69 Å². The summed E-state index contributed by atoms with van der Waals surface area (Å²) in [5.74, 6) is 0.0886. The number of rotatable bonds is 8. The molecule has 6 N–H and O–H groups in total. The van der Waals surface area contributed by atoms with Crippen molar-refractivity contribution >= 4 is 23.4 Å². The van der Waals surface area contributed by atoms with E-state index < -0.39 is 5.91 Å². The first-order valence-corrected chi connectivity index (χ1v) is 8.61. The number of primary amides is 1. The Hall–Kier alpha value is -3.46. The van der Waals surface area contributed by atoms with E-state index in [2.05, 4.69) is 25.7 Å². The van der Waals surface area contributed by atoms with Crippen LogP contribution < -0.4 is 22.1 Å². The number of amides is 1. The molecular formula is C18H22N8O. The minimum atomic E-state index is -0.613. The van der Waals surface area contributed by atoms with E-state index in [1.54, 1.807) is 10.9 Å². The number of hydrogen-bond acceptors (Lipinski definition) is 7. The molecule has 1 atom stereocenters. The molecule has 3 aromatic rings. The molecular weight excluding hydrogens is 344 g/mol. The summed E-state index contributed by atoms with van der Waals surface area (Å²) in [7, 11) is 0. The second-order valence-corrected chi connectivity index (χ2v) is 5.93. The summed E-state index contributed by atoms with van der Waals surface area (Å²) in [5.41, 5.74) is 13.0. The minimum absolute atomic E-state index is 0.0421. The van der Waals surface area contributed by atoms with Crippen molar-refractivity contribution in [2.75, 3.05) is 17.2 Å². The molecule has 0 radical (unpaired) electrons. The highest BCUT2D eigenvalue weighted by atomic mass is 16.1. The number of anilines is 3. The zero-order valence-corrected chi connectivity index (χ0v) is 15.0. The van der Waals surface area contributed by atoms with Crippen molar-refractivity contribution in [2.24, 2.45) is 11.5 Å². The van der Waals surface area contributed by atoms with Gasteiger partial charge in [-0.1, -0.05) is 13.0 Å². The summed E-state index contributed by atoms with van der Waals surface area (Å²) in [6.07, 6.45) is 5.78. The van der Waals surface area contributed by atoms with E-state index in [-0.39, 0.29) is 11.6 Å². The first kappa shape index (κ1) is 18.3. The van der Waals surface area contributed by atoms with Gasteiger partial charge in [-0.3, -0.25) is 4.79 Å². The van der Waals surface area contributed by atoms with E-state index in [1.165, 1.54) is 6.20 Å². The van der Waals surface area contributed by atoms with Crippen LogP contribution in [0, 0.1) is 0 Å². The smallest absolute Gasteiger partial charge is 0.254 e. The number of aromatic nitrogens is 4.